The van der Waals surface area contributed by atoms with E-state index in [2.05, 4.69) is 18.3 Å². The number of aliphatic hydroxyl groups is 1. The van der Waals surface area contributed by atoms with Crippen molar-refractivity contribution in [2.45, 2.75) is 0 Å². The van der Waals surface area contributed by atoms with E-state index >= 15 is 0 Å². The Hall–Kier alpha value is -3.80. The normalized spacial score (nSPS) is 14.8. The number of hydrazine groups is 1. The molecule has 0 bridgehead atoms. The Morgan fingerprint density at radius 1 is 1.39 bits per heavy atom. The van der Waals surface area contributed by atoms with E-state index < -0.39 is 0 Å². The molecular weight excluding hydrogens is 358 g/mol. The summed E-state index contributed by atoms with van der Waals surface area (Å²) < 4.78 is 5.32. The van der Waals surface area contributed by atoms with Gasteiger partial charge in [0.2, 0.25) is 0 Å². The minimum absolute atomic E-state index is 0.0659. The van der Waals surface area contributed by atoms with Crippen LogP contribution in [-0.2, 0) is 4.74 Å². The summed E-state index contributed by atoms with van der Waals surface area (Å²) in [6.45, 7) is 7.54. The van der Waals surface area contributed by atoms with Crippen LogP contribution in [0, 0.1) is 11.3 Å². The second kappa shape index (κ2) is 9.23. The Kier molecular flexibility index (Phi) is 6.76. The van der Waals surface area contributed by atoms with Gasteiger partial charge in [-0.3, -0.25) is 0 Å². The van der Waals surface area contributed by atoms with Gasteiger partial charge < -0.3 is 20.7 Å². The summed E-state index contributed by atoms with van der Waals surface area (Å²) >= 11 is 0. The van der Waals surface area contributed by atoms with Crippen molar-refractivity contribution < 1.29 is 14.9 Å². The van der Waals surface area contributed by atoms with E-state index in [4.69, 9.17) is 26.7 Å². The molecule has 0 atom stereocenters. The predicted octanol–water partition coefficient (Wildman–Crippen LogP) is 1.91. The number of hydrogen-bond acceptors (Lipinski definition) is 8. The zero-order valence-corrected chi connectivity index (χ0v) is 15.2. The molecule has 1 aromatic carbocycles. The van der Waals surface area contributed by atoms with E-state index in [0.29, 0.717) is 28.0 Å². The van der Waals surface area contributed by atoms with Gasteiger partial charge in [0, 0.05) is 11.1 Å². The molecule has 6 N–H and O–H groups in total. The molecule has 1 aliphatic rings. The Bertz CT molecular complexity index is 951. The number of nitrogens with zero attached hydrogens (tertiary/aromatic N) is 3. The van der Waals surface area contributed by atoms with E-state index in [9.17, 15) is 5.11 Å². The van der Waals surface area contributed by atoms with Crippen LogP contribution in [0.3, 0.4) is 0 Å². The summed E-state index contributed by atoms with van der Waals surface area (Å²) in [5.74, 6) is 6.09. The van der Waals surface area contributed by atoms with Crippen molar-refractivity contribution in [2.24, 2.45) is 16.7 Å². The Morgan fingerprint density at radius 3 is 2.75 bits per heavy atom. The SMILES string of the molecule is C=C1C=C(C#N)C=C/C1=N/N(N)c1ccc(C(=C)OCCO)c(/C=C\N)c1O. The molecule has 0 aromatic heterocycles. The van der Waals surface area contributed by atoms with E-state index in [1.54, 1.807) is 30.4 Å². The average molecular weight is 379 g/mol. The summed E-state index contributed by atoms with van der Waals surface area (Å²) in [7, 11) is 0. The number of rotatable bonds is 7. The van der Waals surface area contributed by atoms with Gasteiger partial charge >= 0.3 is 0 Å². The topological polar surface area (TPSA) is 141 Å². The lowest BCUT2D eigenvalue weighted by atomic mass is 10.0. The highest BCUT2D eigenvalue weighted by Crippen LogP contribution is 2.36. The number of allylic oxidation sites excluding steroid dienone is 5. The standard InChI is InChI=1S/C20H21N5O3/c1-13-11-15(12-22)3-5-18(13)24-25(23)19-6-4-16(14(2)28-10-9-26)17(7-8-21)20(19)27/h3-8,11,26-27H,1-2,9-10,21,23H2/b8-7-,24-18-. The van der Waals surface area contributed by atoms with Crippen LogP contribution in [-0.4, -0.2) is 29.1 Å². The largest absolute Gasteiger partial charge is 0.505 e. The van der Waals surface area contributed by atoms with Gasteiger partial charge in [-0.15, -0.1) is 0 Å². The number of hydrazone groups is 1. The fourth-order valence-corrected chi connectivity index (χ4v) is 2.46. The second-order valence-electron chi connectivity index (χ2n) is 5.65. The highest BCUT2D eigenvalue weighted by atomic mass is 16.5. The molecule has 8 heteroatoms. The van der Waals surface area contributed by atoms with Crippen LogP contribution >= 0.6 is 0 Å². The quantitative estimate of drug-likeness (QED) is 0.322. The van der Waals surface area contributed by atoms with Crippen LogP contribution in [0.4, 0.5) is 5.69 Å². The van der Waals surface area contributed by atoms with Gasteiger partial charge in [0.05, 0.1) is 24.0 Å². The zero-order valence-electron chi connectivity index (χ0n) is 15.2. The number of phenols is 1. The van der Waals surface area contributed by atoms with Gasteiger partial charge in [0.1, 0.15) is 18.1 Å². The lowest BCUT2D eigenvalue weighted by Gasteiger charge is -2.20. The van der Waals surface area contributed by atoms with Crippen molar-refractivity contribution in [3.05, 3.63) is 72.0 Å². The predicted molar refractivity (Wildman–Crippen MR) is 109 cm³/mol. The van der Waals surface area contributed by atoms with Gasteiger partial charge in [0.25, 0.3) is 0 Å². The van der Waals surface area contributed by atoms with Gasteiger partial charge in [-0.05, 0) is 48.2 Å². The lowest BCUT2D eigenvalue weighted by Crippen LogP contribution is -2.27. The maximum absolute atomic E-state index is 10.7. The highest BCUT2D eigenvalue weighted by Gasteiger charge is 2.17. The second-order valence-corrected chi connectivity index (χ2v) is 5.65. The summed E-state index contributed by atoms with van der Waals surface area (Å²) in [5, 5.41) is 33.7. The van der Waals surface area contributed by atoms with E-state index in [1.165, 1.54) is 12.3 Å². The van der Waals surface area contributed by atoms with Crippen molar-refractivity contribution in [2.75, 3.05) is 18.3 Å². The molecule has 0 saturated carbocycles. The minimum Gasteiger partial charge on any atom is -0.505 e. The van der Waals surface area contributed by atoms with Crippen molar-refractivity contribution >= 4 is 23.2 Å². The number of aromatic hydroxyl groups is 1. The molecule has 2 rings (SSSR count). The van der Waals surface area contributed by atoms with Crippen LogP contribution in [0.25, 0.3) is 11.8 Å². The number of benzene rings is 1. The summed E-state index contributed by atoms with van der Waals surface area (Å²) in [6.07, 6.45) is 7.52. The van der Waals surface area contributed by atoms with Crippen molar-refractivity contribution in [3.8, 4) is 11.8 Å². The van der Waals surface area contributed by atoms with Crippen LogP contribution < -0.4 is 16.7 Å². The van der Waals surface area contributed by atoms with Gasteiger partial charge in [-0.2, -0.15) is 15.5 Å². The maximum Gasteiger partial charge on any atom is 0.150 e. The molecule has 0 amide bonds. The number of nitriles is 1. The number of aliphatic hydroxyl groups excluding tert-OH is 1. The minimum atomic E-state index is -0.182. The monoisotopic (exact) mass is 379 g/mol. The molecule has 0 unspecified atom stereocenters. The van der Waals surface area contributed by atoms with Gasteiger partial charge in [-0.25, -0.2) is 5.84 Å². The van der Waals surface area contributed by atoms with Crippen LogP contribution in [0.1, 0.15) is 11.1 Å². The third-order valence-corrected chi connectivity index (χ3v) is 3.80. The third kappa shape index (κ3) is 4.48. The first kappa shape index (κ1) is 20.5. The first-order valence-corrected chi connectivity index (χ1v) is 8.22. The summed E-state index contributed by atoms with van der Waals surface area (Å²) in [6, 6.07) is 5.21. The third-order valence-electron chi connectivity index (χ3n) is 3.80. The van der Waals surface area contributed by atoms with Crippen LogP contribution in [0.2, 0.25) is 0 Å². The Morgan fingerprint density at radius 2 is 2.14 bits per heavy atom. The van der Waals surface area contributed by atoms with Crippen molar-refractivity contribution in [1.82, 2.24) is 0 Å². The average Bonchev–Trinajstić information content (AvgIpc) is 2.69. The lowest BCUT2D eigenvalue weighted by molar-refractivity contribution is 0.181. The molecule has 8 nitrogen and oxygen atoms in total. The number of hydrogen-bond donors (Lipinski definition) is 4. The Labute approximate surface area is 162 Å². The van der Waals surface area contributed by atoms with Gasteiger partial charge in [0.15, 0.2) is 5.75 Å². The fourth-order valence-electron chi connectivity index (χ4n) is 2.46. The first-order chi connectivity index (χ1) is 13.4. The molecule has 28 heavy (non-hydrogen) atoms. The number of nitrogens with two attached hydrogens (primary N) is 2. The molecule has 1 aliphatic carbocycles. The molecule has 0 spiro atoms. The molecule has 0 fully saturated rings. The molecular formula is C20H21N5O3. The maximum atomic E-state index is 10.7. The summed E-state index contributed by atoms with van der Waals surface area (Å²) in [4.78, 5) is 0. The Balaban J connectivity index is 2.40. The fraction of sp³-hybridized carbons (Fsp3) is 0.100. The van der Waals surface area contributed by atoms with Crippen molar-refractivity contribution in [1.29, 1.82) is 5.26 Å². The molecule has 0 heterocycles. The molecule has 0 aliphatic heterocycles. The smallest absolute Gasteiger partial charge is 0.150 e. The molecule has 144 valence electrons. The number of anilines is 1. The highest BCUT2D eigenvalue weighted by molar-refractivity contribution is 6.12. The van der Waals surface area contributed by atoms with E-state index in [1.807, 2.05) is 6.07 Å². The van der Waals surface area contributed by atoms with E-state index in [0.717, 1.165) is 5.12 Å². The first-order valence-electron chi connectivity index (χ1n) is 8.22. The summed E-state index contributed by atoms with van der Waals surface area (Å²) in [5.41, 5.74) is 7.93. The molecule has 0 radical (unpaired) electrons. The van der Waals surface area contributed by atoms with Crippen LogP contribution in [0.15, 0.2) is 66.0 Å². The van der Waals surface area contributed by atoms with Gasteiger partial charge in [-0.1, -0.05) is 13.2 Å². The number of ether oxygens (including phenoxy) is 1. The zero-order chi connectivity index (χ0) is 20.7. The molecule has 1 aromatic rings. The van der Waals surface area contributed by atoms with Crippen LogP contribution in [0.5, 0.6) is 5.75 Å². The van der Waals surface area contributed by atoms with Crippen molar-refractivity contribution in [3.63, 3.8) is 0 Å². The number of phenolic OH excluding ortho intramolecular Hbond substituents is 1. The molecule has 0 saturated heterocycles. The van der Waals surface area contributed by atoms with E-state index in [-0.39, 0.29) is 30.4 Å².